The van der Waals surface area contributed by atoms with Crippen LogP contribution < -0.4 is 5.32 Å². The molecule has 0 aliphatic rings. The lowest BCUT2D eigenvalue weighted by Crippen LogP contribution is -2.13. The lowest BCUT2D eigenvalue weighted by Gasteiger charge is -2.14. The van der Waals surface area contributed by atoms with Gasteiger partial charge in [0.05, 0.1) is 0 Å². The van der Waals surface area contributed by atoms with Gasteiger partial charge in [-0.1, -0.05) is 25.1 Å². The van der Waals surface area contributed by atoms with Crippen molar-refractivity contribution in [3.8, 4) is 0 Å². The van der Waals surface area contributed by atoms with Crippen LogP contribution in [0.25, 0.3) is 0 Å². The second-order valence-electron chi connectivity index (χ2n) is 3.27. The highest BCUT2D eigenvalue weighted by atomic mass is 14.9. The van der Waals surface area contributed by atoms with Crippen LogP contribution in [-0.2, 0) is 0 Å². The highest BCUT2D eigenvalue weighted by Gasteiger charge is 1.99. The number of benzene rings is 1. The molecule has 12 heavy (non-hydrogen) atoms. The molecule has 0 radical (unpaired) electrons. The number of rotatable bonds is 3. The van der Waals surface area contributed by atoms with Gasteiger partial charge in [0, 0.05) is 11.7 Å². The largest absolute Gasteiger partial charge is 0.382 e. The van der Waals surface area contributed by atoms with Gasteiger partial charge in [-0.3, -0.25) is 0 Å². The maximum Gasteiger partial charge on any atom is 0.0371 e. The molecule has 1 nitrogen and oxygen atoms in total. The molecule has 1 aromatic rings. The second kappa shape index (κ2) is 4.15. The van der Waals surface area contributed by atoms with Crippen LogP contribution >= 0.6 is 0 Å². The van der Waals surface area contributed by atoms with Gasteiger partial charge in [0.15, 0.2) is 0 Å². The van der Waals surface area contributed by atoms with Crippen LogP contribution in [0.3, 0.4) is 0 Å². The van der Waals surface area contributed by atoms with Crippen molar-refractivity contribution in [2.24, 2.45) is 0 Å². The van der Waals surface area contributed by atoms with E-state index in [0.29, 0.717) is 6.04 Å². The first-order chi connectivity index (χ1) is 5.74. The van der Waals surface area contributed by atoms with Gasteiger partial charge in [0.2, 0.25) is 0 Å². The zero-order valence-electron chi connectivity index (χ0n) is 8.09. The van der Waals surface area contributed by atoms with Crippen molar-refractivity contribution in [3.63, 3.8) is 0 Å². The van der Waals surface area contributed by atoms with E-state index in [-0.39, 0.29) is 0 Å². The first kappa shape index (κ1) is 9.11. The van der Waals surface area contributed by atoms with Crippen molar-refractivity contribution < 1.29 is 0 Å². The number of hydrogen-bond acceptors (Lipinski definition) is 1. The summed E-state index contributed by atoms with van der Waals surface area (Å²) >= 11 is 0. The standard InChI is InChI=1S/C11H17N/c1-4-10(3)12-11-8-6-5-7-9(11)2/h5-8,10,12H,4H2,1-3H3/t10-/m0/s1. The molecule has 0 aromatic heterocycles. The Labute approximate surface area is 74.8 Å². The maximum absolute atomic E-state index is 3.46. The Bertz CT molecular complexity index is 243. The summed E-state index contributed by atoms with van der Waals surface area (Å²) in [5.41, 5.74) is 2.57. The zero-order chi connectivity index (χ0) is 8.97. The summed E-state index contributed by atoms with van der Waals surface area (Å²) in [6.45, 7) is 6.52. The minimum Gasteiger partial charge on any atom is -0.382 e. The number of nitrogens with one attached hydrogen (secondary N) is 1. The van der Waals surface area contributed by atoms with E-state index in [4.69, 9.17) is 0 Å². The van der Waals surface area contributed by atoms with Gasteiger partial charge in [-0.2, -0.15) is 0 Å². The quantitative estimate of drug-likeness (QED) is 0.721. The molecular weight excluding hydrogens is 146 g/mol. The summed E-state index contributed by atoms with van der Waals surface area (Å²) in [6.07, 6.45) is 1.16. The smallest absolute Gasteiger partial charge is 0.0371 e. The molecule has 0 saturated carbocycles. The van der Waals surface area contributed by atoms with Crippen LogP contribution in [-0.4, -0.2) is 6.04 Å². The Kier molecular flexibility index (Phi) is 3.15. The number of hydrogen-bond donors (Lipinski definition) is 1. The van der Waals surface area contributed by atoms with Crippen LogP contribution in [0.1, 0.15) is 25.8 Å². The summed E-state index contributed by atoms with van der Waals surface area (Å²) in [7, 11) is 0. The molecule has 0 unspecified atom stereocenters. The molecule has 0 fully saturated rings. The molecule has 1 N–H and O–H groups in total. The minimum atomic E-state index is 0.561. The van der Waals surface area contributed by atoms with Gasteiger partial charge < -0.3 is 5.32 Å². The summed E-state index contributed by atoms with van der Waals surface area (Å²) < 4.78 is 0. The lowest BCUT2D eigenvalue weighted by molar-refractivity contribution is 0.763. The van der Waals surface area contributed by atoms with Gasteiger partial charge in [0.1, 0.15) is 0 Å². The van der Waals surface area contributed by atoms with Gasteiger partial charge >= 0.3 is 0 Å². The molecule has 1 heteroatoms. The molecule has 1 rings (SSSR count). The van der Waals surface area contributed by atoms with Crippen molar-refractivity contribution in [1.82, 2.24) is 0 Å². The Hall–Kier alpha value is -0.980. The molecule has 66 valence electrons. The molecule has 0 spiro atoms. The fraction of sp³-hybridized carbons (Fsp3) is 0.455. The Morgan fingerprint density at radius 2 is 2.00 bits per heavy atom. The van der Waals surface area contributed by atoms with E-state index in [9.17, 15) is 0 Å². The monoisotopic (exact) mass is 163 g/mol. The Balaban J connectivity index is 2.69. The third-order valence-corrected chi connectivity index (χ3v) is 2.16. The average Bonchev–Trinajstić information content (AvgIpc) is 2.09. The summed E-state index contributed by atoms with van der Waals surface area (Å²) in [4.78, 5) is 0. The highest BCUT2D eigenvalue weighted by Crippen LogP contribution is 2.14. The van der Waals surface area contributed by atoms with E-state index in [0.717, 1.165) is 6.42 Å². The van der Waals surface area contributed by atoms with Gasteiger partial charge in [-0.15, -0.1) is 0 Å². The molecule has 0 amide bonds. The summed E-state index contributed by atoms with van der Waals surface area (Å²) in [5, 5.41) is 3.46. The molecule has 0 bridgehead atoms. The van der Waals surface area contributed by atoms with Crippen molar-refractivity contribution in [2.75, 3.05) is 5.32 Å². The molecule has 1 atom stereocenters. The van der Waals surface area contributed by atoms with Crippen LogP contribution in [0.4, 0.5) is 5.69 Å². The number of aryl methyl sites for hydroxylation is 1. The summed E-state index contributed by atoms with van der Waals surface area (Å²) in [5.74, 6) is 0. The van der Waals surface area contributed by atoms with Gasteiger partial charge in [-0.05, 0) is 31.9 Å². The van der Waals surface area contributed by atoms with Crippen LogP contribution in [0.2, 0.25) is 0 Å². The third-order valence-electron chi connectivity index (χ3n) is 2.16. The fourth-order valence-corrected chi connectivity index (χ4v) is 1.10. The second-order valence-corrected chi connectivity index (χ2v) is 3.27. The molecule has 0 aliphatic carbocycles. The molecular formula is C11H17N. The van der Waals surface area contributed by atoms with Crippen molar-refractivity contribution in [1.29, 1.82) is 0 Å². The number of para-hydroxylation sites is 1. The van der Waals surface area contributed by atoms with Crippen molar-refractivity contribution in [3.05, 3.63) is 29.8 Å². The van der Waals surface area contributed by atoms with E-state index in [1.54, 1.807) is 0 Å². The molecule has 0 saturated heterocycles. The maximum atomic E-state index is 3.46. The predicted molar refractivity (Wildman–Crippen MR) is 54.6 cm³/mol. The van der Waals surface area contributed by atoms with Crippen LogP contribution in [0.5, 0.6) is 0 Å². The van der Waals surface area contributed by atoms with Crippen molar-refractivity contribution in [2.45, 2.75) is 33.2 Å². The summed E-state index contributed by atoms with van der Waals surface area (Å²) in [6, 6.07) is 8.95. The lowest BCUT2D eigenvalue weighted by atomic mass is 10.1. The van der Waals surface area contributed by atoms with Crippen LogP contribution in [0.15, 0.2) is 24.3 Å². The number of anilines is 1. The third kappa shape index (κ3) is 2.26. The SMILES string of the molecule is CC[C@H](C)Nc1ccccc1C. The average molecular weight is 163 g/mol. The van der Waals surface area contributed by atoms with E-state index in [2.05, 4.69) is 50.4 Å². The topological polar surface area (TPSA) is 12.0 Å². The van der Waals surface area contributed by atoms with Gasteiger partial charge in [0.25, 0.3) is 0 Å². The van der Waals surface area contributed by atoms with E-state index < -0.39 is 0 Å². The molecule has 0 aliphatic heterocycles. The normalized spacial score (nSPS) is 12.6. The predicted octanol–water partition coefficient (Wildman–Crippen LogP) is 3.21. The molecule has 0 heterocycles. The van der Waals surface area contributed by atoms with E-state index in [1.807, 2.05) is 0 Å². The van der Waals surface area contributed by atoms with Crippen molar-refractivity contribution >= 4 is 5.69 Å². The van der Waals surface area contributed by atoms with Gasteiger partial charge in [-0.25, -0.2) is 0 Å². The fourth-order valence-electron chi connectivity index (χ4n) is 1.10. The Morgan fingerprint density at radius 1 is 1.33 bits per heavy atom. The minimum absolute atomic E-state index is 0.561. The van der Waals surface area contributed by atoms with E-state index >= 15 is 0 Å². The molecule has 1 aromatic carbocycles. The first-order valence-electron chi connectivity index (χ1n) is 4.56. The zero-order valence-corrected chi connectivity index (χ0v) is 8.09. The first-order valence-corrected chi connectivity index (χ1v) is 4.56. The highest BCUT2D eigenvalue weighted by molar-refractivity contribution is 5.50. The van der Waals surface area contributed by atoms with E-state index in [1.165, 1.54) is 11.3 Å². The van der Waals surface area contributed by atoms with Crippen LogP contribution in [0, 0.1) is 6.92 Å². The Morgan fingerprint density at radius 3 is 2.58 bits per heavy atom.